The first-order valence-electron chi connectivity index (χ1n) is 5.81. The second-order valence-corrected chi connectivity index (χ2v) is 6.12. The van der Waals surface area contributed by atoms with Crippen LogP contribution < -0.4 is 10.7 Å². The summed E-state index contributed by atoms with van der Waals surface area (Å²) in [7, 11) is 0. The number of carboxylic acids is 1. The molecule has 0 aliphatic carbocycles. The van der Waals surface area contributed by atoms with Crippen molar-refractivity contribution in [3.05, 3.63) is 49.0 Å². The monoisotopic (exact) mass is 305 g/mol. The van der Waals surface area contributed by atoms with Crippen molar-refractivity contribution in [3.63, 3.8) is 0 Å². The van der Waals surface area contributed by atoms with Crippen molar-refractivity contribution < 1.29 is 9.90 Å². The maximum atomic E-state index is 12.1. The Morgan fingerprint density at radius 2 is 2.30 bits per heavy atom. The summed E-state index contributed by atoms with van der Waals surface area (Å²) in [6, 6.07) is 1.96. The van der Waals surface area contributed by atoms with Gasteiger partial charge in [-0.15, -0.1) is 11.3 Å². The molecule has 3 rings (SSSR count). The summed E-state index contributed by atoms with van der Waals surface area (Å²) >= 11 is 2.56. The first-order chi connectivity index (χ1) is 9.56. The number of aromatic nitrogens is 2. The van der Waals surface area contributed by atoms with E-state index in [1.54, 1.807) is 18.3 Å². The molecule has 0 aliphatic rings. The summed E-state index contributed by atoms with van der Waals surface area (Å²) in [5.41, 5.74) is 1.17. The highest BCUT2D eigenvalue weighted by Gasteiger charge is 2.14. The lowest BCUT2D eigenvalue weighted by molar-refractivity contribution is -0.254. The van der Waals surface area contributed by atoms with Crippen LogP contribution >= 0.6 is 22.7 Å². The fourth-order valence-electron chi connectivity index (χ4n) is 2.05. The van der Waals surface area contributed by atoms with Gasteiger partial charge in [-0.05, 0) is 34.9 Å². The zero-order valence-corrected chi connectivity index (χ0v) is 12.1. The van der Waals surface area contributed by atoms with Crippen molar-refractivity contribution in [2.75, 3.05) is 0 Å². The third-order valence-electron chi connectivity index (χ3n) is 2.99. The van der Waals surface area contributed by atoms with Crippen LogP contribution in [0.1, 0.15) is 26.6 Å². The quantitative estimate of drug-likeness (QED) is 0.790. The number of nitrogens with one attached hydrogen (secondary N) is 1. The maximum absolute atomic E-state index is 12.1. The minimum Gasteiger partial charge on any atom is -0.544 e. The number of hydrogen-bond donors (Lipinski definition) is 1. The standard InChI is InChI=1S/C13H10N2O3S2/c1-6-9-11(16)14-8(4-7-2-3-19-5-7)15-12(9)20-10(6)13(17)18/h2-3,5H,4H2,1H3,(H,17,18)(H,14,15,16)/p-1. The number of rotatable bonds is 3. The van der Waals surface area contributed by atoms with Crippen LogP contribution in [0.5, 0.6) is 0 Å². The largest absolute Gasteiger partial charge is 0.544 e. The van der Waals surface area contributed by atoms with Gasteiger partial charge in [-0.25, -0.2) is 4.98 Å². The van der Waals surface area contributed by atoms with Crippen LogP contribution in [0.2, 0.25) is 0 Å². The zero-order valence-electron chi connectivity index (χ0n) is 10.4. The normalized spacial score (nSPS) is 11.1. The number of carbonyl (C=O) groups is 1. The van der Waals surface area contributed by atoms with Crippen LogP contribution in [0.3, 0.4) is 0 Å². The number of aryl methyl sites for hydroxylation is 1. The Kier molecular flexibility index (Phi) is 3.15. The van der Waals surface area contributed by atoms with Crippen molar-refractivity contribution in [3.8, 4) is 0 Å². The first-order valence-corrected chi connectivity index (χ1v) is 7.57. The first kappa shape index (κ1) is 13.0. The fraction of sp³-hybridized carbons (Fsp3) is 0.154. The molecule has 3 heterocycles. The molecule has 3 aromatic heterocycles. The predicted octanol–water partition coefficient (Wildman–Crippen LogP) is 1.31. The van der Waals surface area contributed by atoms with Crippen LogP contribution in [-0.4, -0.2) is 15.9 Å². The summed E-state index contributed by atoms with van der Waals surface area (Å²) in [6.07, 6.45) is 0.520. The average molecular weight is 305 g/mol. The maximum Gasteiger partial charge on any atom is 0.259 e. The second kappa shape index (κ2) is 4.84. The number of aromatic amines is 1. The average Bonchev–Trinajstić information content (AvgIpc) is 2.97. The minimum absolute atomic E-state index is 0.0608. The van der Waals surface area contributed by atoms with Crippen molar-refractivity contribution in [1.82, 2.24) is 9.97 Å². The predicted molar refractivity (Wildman–Crippen MR) is 76.4 cm³/mol. The van der Waals surface area contributed by atoms with Gasteiger partial charge in [-0.1, -0.05) is 0 Å². The Balaban J connectivity index is 2.14. The van der Waals surface area contributed by atoms with Gasteiger partial charge in [0.05, 0.1) is 16.2 Å². The van der Waals surface area contributed by atoms with E-state index < -0.39 is 5.97 Å². The molecule has 0 amide bonds. The molecule has 0 unspecified atom stereocenters. The number of thiophene rings is 2. The minimum atomic E-state index is -1.27. The Labute approximate surface area is 121 Å². The van der Waals surface area contributed by atoms with Gasteiger partial charge >= 0.3 is 0 Å². The lowest BCUT2D eigenvalue weighted by atomic mass is 10.2. The molecule has 5 nitrogen and oxygen atoms in total. The lowest BCUT2D eigenvalue weighted by Gasteiger charge is -1.99. The van der Waals surface area contributed by atoms with Gasteiger partial charge in [0.15, 0.2) is 0 Å². The second-order valence-electron chi connectivity index (χ2n) is 4.34. The van der Waals surface area contributed by atoms with Crippen molar-refractivity contribution in [1.29, 1.82) is 0 Å². The Hall–Kier alpha value is -1.99. The molecule has 0 atom stereocenters. The molecule has 1 N–H and O–H groups in total. The van der Waals surface area contributed by atoms with Crippen LogP contribution in [0.25, 0.3) is 10.2 Å². The van der Waals surface area contributed by atoms with E-state index in [0.29, 0.717) is 28.0 Å². The highest BCUT2D eigenvalue weighted by Crippen LogP contribution is 2.26. The van der Waals surface area contributed by atoms with Gasteiger partial charge < -0.3 is 14.9 Å². The molecule has 0 aromatic carbocycles. The molecule has 102 valence electrons. The summed E-state index contributed by atoms with van der Waals surface area (Å²) in [4.78, 5) is 30.7. The Morgan fingerprint density at radius 3 is 2.95 bits per heavy atom. The van der Waals surface area contributed by atoms with E-state index in [9.17, 15) is 14.7 Å². The highest BCUT2D eigenvalue weighted by molar-refractivity contribution is 7.20. The SMILES string of the molecule is Cc1c(C(=O)[O-])sc2nc(Cc3ccsc3)[nH]c(=O)c12. The van der Waals surface area contributed by atoms with E-state index in [0.717, 1.165) is 16.9 Å². The summed E-state index contributed by atoms with van der Waals surface area (Å²) in [5, 5.41) is 15.3. The van der Waals surface area contributed by atoms with Crippen LogP contribution in [-0.2, 0) is 6.42 Å². The summed E-state index contributed by atoms with van der Waals surface area (Å²) in [6.45, 7) is 1.60. The molecule has 20 heavy (non-hydrogen) atoms. The van der Waals surface area contributed by atoms with Crippen LogP contribution in [0, 0.1) is 6.92 Å². The third kappa shape index (κ3) is 2.14. The number of carbonyl (C=O) groups excluding carboxylic acids is 1. The third-order valence-corrected chi connectivity index (χ3v) is 4.88. The summed E-state index contributed by atoms with van der Waals surface area (Å²) < 4.78 is 0. The van der Waals surface area contributed by atoms with E-state index in [4.69, 9.17) is 0 Å². The van der Waals surface area contributed by atoms with Gasteiger partial charge in [0, 0.05) is 6.42 Å². The number of fused-ring (bicyclic) bond motifs is 1. The topological polar surface area (TPSA) is 85.9 Å². The lowest BCUT2D eigenvalue weighted by Crippen LogP contribution is -2.21. The van der Waals surface area contributed by atoms with Crippen molar-refractivity contribution in [2.45, 2.75) is 13.3 Å². The Morgan fingerprint density at radius 1 is 1.50 bits per heavy atom. The number of nitrogens with zero attached hydrogens (tertiary/aromatic N) is 1. The Bertz CT molecular complexity index is 846. The smallest absolute Gasteiger partial charge is 0.259 e. The van der Waals surface area contributed by atoms with Crippen molar-refractivity contribution in [2.24, 2.45) is 0 Å². The van der Waals surface area contributed by atoms with Gasteiger partial charge in [-0.3, -0.25) is 4.79 Å². The molecular formula is C13H9N2O3S2-. The van der Waals surface area contributed by atoms with E-state index in [2.05, 4.69) is 9.97 Å². The van der Waals surface area contributed by atoms with Crippen LogP contribution in [0.15, 0.2) is 21.6 Å². The molecule has 0 fully saturated rings. The van der Waals surface area contributed by atoms with Gasteiger partial charge in [0.25, 0.3) is 5.56 Å². The molecule has 0 saturated heterocycles. The number of carboxylic acid groups (broad SMARTS) is 1. The summed E-state index contributed by atoms with van der Waals surface area (Å²) in [5.74, 6) is -0.740. The molecule has 0 bridgehead atoms. The van der Waals surface area contributed by atoms with Crippen LogP contribution in [0.4, 0.5) is 0 Å². The molecular weight excluding hydrogens is 296 g/mol. The zero-order chi connectivity index (χ0) is 14.3. The molecule has 0 spiro atoms. The van der Waals surface area contributed by atoms with Gasteiger partial charge in [0.1, 0.15) is 10.7 Å². The number of H-pyrrole nitrogens is 1. The molecule has 0 saturated carbocycles. The van der Waals surface area contributed by atoms with Crippen molar-refractivity contribution >= 4 is 38.9 Å². The number of hydrogen-bond acceptors (Lipinski definition) is 6. The molecule has 0 radical (unpaired) electrons. The van der Waals surface area contributed by atoms with Gasteiger partial charge in [0.2, 0.25) is 0 Å². The van der Waals surface area contributed by atoms with E-state index >= 15 is 0 Å². The number of aromatic carboxylic acids is 1. The van der Waals surface area contributed by atoms with E-state index in [1.165, 1.54) is 0 Å². The molecule has 3 aromatic rings. The van der Waals surface area contributed by atoms with E-state index in [-0.39, 0.29) is 10.4 Å². The molecule has 0 aliphatic heterocycles. The fourth-order valence-corrected chi connectivity index (χ4v) is 3.76. The highest BCUT2D eigenvalue weighted by atomic mass is 32.1. The molecule has 7 heteroatoms. The van der Waals surface area contributed by atoms with Gasteiger partial charge in [-0.2, -0.15) is 11.3 Å². The van der Waals surface area contributed by atoms with E-state index in [1.807, 2.05) is 16.8 Å².